The molecule has 0 fully saturated rings. The van der Waals surface area contributed by atoms with E-state index in [2.05, 4.69) is 15.1 Å². The van der Waals surface area contributed by atoms with Gasteiger partial charge < -0.3 is 9.51 Å². The van der Waals surface area contributed by atoms with E-state index in [9.17, 15) is 19.7 Å². The summed E-state index contributed by atoms with van der Waals surface area (Å²) >= 11 is 0. The highest BCUT2D eigenvalue weighted by Crippen LogP contribution is 2.21. The summed E-state index contributed by atoms with van der Waals surface area (Å²) < 4.78 is 4.97. The van der Waals surface area contributed by atoms with Gasteiger partial charge in [-0.25, -0.2) is 4.79 Å². The summed E-state index contributed by atoms with van der Waals surface area (Å²) in [6.07, 6.45) is 1.16. The Hall–Kier alpha value is -3.56. The number of hydrogen-bond donors (Lipinski definition) is 2. The standard InChI is InChI=1S/C12H7N5O5/c18-10-8(5-13-12(19)15-10)11-14-9(16-22-11)6-1-3-7(4-2-6)17(20)21/h1-5H,(H2,13,15,18,19). The van der Waals surface area contributed by atoms with E-state index in [0.717, 1.165) is 6.20 Å². The Morgan fingerprint density at radius 3 is 2.55 bits per heavy atom. The Labute approximate surface area is 120 Å². The summed E-state index contributed by atoms with van der Waals surface area (Å²) in [7, 11) is 0. The van der Waals surface area contributed by atoms with Crippen LogP contribution in [0.25, 0.3) is 22.8 Å². The van der Waals surface area contributed by atoms with E-state index in [1.54, 1.807) is 0 Å². The maximum atomic E-state index is 11.6. The van der Waals surface area contributed by atoms with Gasteiger partial charge in [0.1, 0.15) is 5.56 Å². The molecule has 3 rings (SSSR count). The third kappa shape index (κ3) is 2.40. The van der Waals surface area contributed by atoms with E-state index < -0.39 is 16.2 Å². The number of hydrogen-bond acceptors (Lipinski definition) is 7. The normalized spacial score (nSPS) is 10.5. The number of nitro groups is 1. The van der Waals surface area contributed by atoms with Gasteiger partial charge in [-0.05, 0) is 12.1 Å². The molecule has 2 aromatic heterocycles. The zero-order valence-corrected chi connectivity index (χ0v) is 10.8. The number of aromatic amines is 2. The molecule has 0 saturated carbocycles. The third-order valence-corrected chi connectivity index (χ3v) is 2.81. The SMILES string of the molecule is O=c1[nH]cc(-c2nc(-c3ccc([N+](=O)[O-])cc3)no2)c(=O)[nH]1. The van der Waals surface area contributed by atoms with E-state index >= 15 is 0 Å². The van der Waals surface area contributed by atoms with Crippen molar-refractivity contribution >= 4 is 5.69 Å². The van der Waals surface area contributed by atoms with E-state index in [4.69, 9.17) is 4.52 Å². The van der Waals surface area contributed by atoms with Crippen LogP contribution >= 0.6 is 0 Å². The van der Waals surface area contributed by atoms with Gasteiger partial charge in [0.2, 0.25) is 5.82 Å². The molecule has 0 radical (unpaired) electrons. The maximum absolute atomic E-state index is 11.6. The Morgan fingerprint density at radius 1 is 1.18 bits per heavy atom. The molecule has 2 N–H and O–H groups in total. The van der Waals surface area contributed by atoms with Crippen LogP contribution in [-0.2, 0) is 0 Å². The minimum absolute atomic E-state index is 0.0141. The average molecular weight is 301 g/mol. The highest BCUT2D eigenvalue weighted by molar-refractivity contribution is 5.60. The largest absolute Gasteiger partial charge is 0.333 e. The van der Waals surface area contributed by atoms with E-state index in [0.29, 0.717) is 5.56 Å². The number of nitrogens with one attached hydrogen (secondary N) is 2. The first kappa shape index (κ1) is 13.4. The molecule has 0 aliphatic rings. The summed E-state index contributed by atoms with van der Waals surface area (Å²) in [5.41, 5.74) is -0.877. The van der Waals surface area contributed by atoms with Crippen LogP contribution in [0.2, 0.25) is 0 Å². The van der Waals surface area contributed by atoms with Crippen molar-refractivity contribution in [1.82, 2.24) is 20.1 Å². The Bertz CT molecular complexity index is 953. The van der Waals surface area contributed by atoms with E-state index in [1.807, 2.05) is 4.98 Å². The van der Waals surface area contributed by atoms with Gasteiger partial charge in [0, 0.05) is 23.9 Å². The lowest BCUT2D eigenvalue weighted by atomic mass is 10.2. The zero-order valence-electron chi connectivity index (χ0n) is 10.8. The second-order valence-electron chi connectivity index (χ2n) is 4.21. The molecule has 2 heterocycles. The fraction of sp³-hybridized carbons (Fsp3) is 0. The van der Waals surface area contributed by atoms with Gasteiger partial charge in [-0.1, -0.05) is 5.16 Å². The van der Waals surface area contributed by atoms with Crippen molar-refractivity contribution in [2.24, 2.45) is 0 Å². The first-order valence-corrected chi connectivity index (χ1v) is 5.95. The summed E-state index contributed by atoms with van der Waals surface area (Å²) in [5, 5.41) is 14.3. The minimum Gasteiger partial charge on any atom is -0.333 e. The summed E-state index contributed by atoms with van der Waals surface area (Å²) in [6.45, 7) is 0. The van der Waals surface area contributed by atoms with Gasteiger partial charge in [-0.3, -0.25) is 19.9 Å². The van der Waals surface area contributed by atoms with Gasteiger partial charge in [0.05, 0.1) is 4.92 Å². The van der Waals surface area contributed by atoms with Gasteiger partial charge in [-0.2, -0.15) is 4.98 Å². The fourth-order valence-corrected chi connectivity index (χ4v) is 1.75. The van der Waals surface area contributed by atoms with Crippen molar-refractivity contribution in [3.63, 3.8) is 0 Å². The van der Waals surface area contributed by atoms with Crippen molar-refractivity contribution in [2.75, 3.05) is 0 Å². The molecule has 0 saturated heterocycles. The second-order valence-corrected chi connectivity index (χ2v) is 4.21. The van der Waals surface area contributed by atoms with Crippen LogP contribution in [0.3, 0.4) is 0 Å². The van der Waals surface area contributed by atoms with Crippen LogP contribution in [0.4, 0.5) is 5.69 Å². The Balaban J connectivity index is 1.98. The number of rotatable bonds is 3. The van der Waals surface area contributed by atoms with Crippen LogP contribution in [-0.4, -0.2) is 25.0 Å². The summed E-state index contributed by atoms with van der Waals surface area (Å²) in [5.74, 6) is 0.0846. The molecule has 1 aromatic carbocycles. The van der Waals surface area contributed by atoms with Crippen LogP contribution in [0.5, 0.6) is 0 Å². The van der Waals surface area contributed by atoms with Gasteiger partial charge in [0.15, 0.2) is 0 Å². The Morgan fingerprint density at radius 2 is 1.91 bits per heavy atom. The molecule has 22 heavy (non-hydrogen) atoms. The molecule has 0 spiro atoms. The van der Waals surface area contributed by atoms with Crippen molar-refractivity contribution in [2.45, 2.75) is 0 Å². The summed E-state index contributed by atoms with van der Waals surface area (Å²) in [4.78, 5) is 41.0. The predicted octanol–water partition coefficient (Wildman–Crippen LogP) is 0.688. The molecule has 3 aromatic rings. The molecule has 110 valence electrons. The van der Waals surface area contributed by atoms with Crippen molar-refractivity contribution < 1.29 is 9.45 Å². The number of benzene rings is 1. The molecular weight excluding hydrogens is 294 g/mol. The highest BCUT2D eigenvalue weighted by atomic mass is 16.6. The number of nitrogens with zero attached hydrogens (tertiary/aromatic N) is 3. The molecular formula is C12H7N5O5. The van der Waals surface area contributed by atoms with Gasteiger partial charge in [0.25, 0.3) is 17.1 Å². The van der Waals surface area contributed by atoms with Crippen LogP contribution in [0.15, 0.2) is 44.6 Å². The predicted molar refractivity (Wildman–Crippen MR) is 73.1 cm³/mol. The van der Waals surface area contributed by atoms with Crippen LogP contribution in [0, 0.1) is 10.1 Å². The Kier molecular flexibility index (Phi) is 3.10. The lowest BCUT2D eigenvalue weighted by Gasteiger charge is -1.93. The van der Waals surface area contributed by atoms with Crippen molar-refractivity contribution in [1.29, 1.82) is 0 Å². The monoisotopic (exact) mass is 301 g/mol. The van der Waals surface area contributed by atoms with Crippen molar-refractivity contribution in [3.05, 3.63) is 61.4 Å². The highest BCUT2D eigenvalue weighted by Gasteiger charge is 2.15. The van der Waals surface area contributed by atoms with Gasteiger partial charge >= 0.3 is 5.69 Å². The number of aromatic nitrogens is 4. The lowest BCUT2D eigenvalue weighted by Crippen LogP contribution is -2.22. The average Bonchev–Trinajstić information content (AvgIpc) is 2.97. The van der Waals surface area contributed by atoms with Crippen molar-refractivity contribution in [3.8, 4) is 22.8 Å². The van der Waals surface area contributed by atoms with Crippen LogP contribution in [0.1, 0.15) is 0 Å². The smallest absolute Gasteiger partial charge is 0.325 e. The first-order valence-electron chi connectivity index (χ1n) is 5.95. The number of non-ortho nitro benzene ring substituents is 1. The molecule has 0 aliphatic carbocycles. The minimum atomic E-state index is -0.664. The van der Waals surface area contributed by atoms with E-state index in [-0.39, 0.29) is 23.0 Å². The third-order valence-electron chi connectivity index (χ3n) is 2.81. The number of H-pyrrole nitrogens is 2. The van der Waals surface area contributed by atoms with Gasteiger partial charge in [-0.15, -0.1) is 0 Å². The van der Waals surface area contributed by atoms with E-state index in [1.165, 1.54) is 24.3 Å². The lowest BCUT2D eigenvalue weighted by molar-refractivity contribution is -0.384. The molecule has 0 atom stereocenters. The number of nitro benzene ring substituents is 1. The second kappa shape index (κ2) is 5.09. The quantitative estimate of drug-likeness (QED) is 0.534. The maximum Gasteiger partial charge on any atom is 0.325 e. The molecule has 10 heteroatoms. The first-order chi connectivity index (χ1) is 10.5. The molecule has 0 unspecified atom stereocenters. The molecule has 0 bridgehead atoms. The zero-order chi connectivity index (χ0) is 15.7. The molecule has 0 amide bonds. The van der Waals surface area contributed by atoms with Crippen LogP contribution < -0.4 is 11.2 Å². The topological polar surface area (TPSA) is 148 Å². The molecule has 10 nitrogen and oxygen atoms in total. The summed E-state index contributed by atoms with van der Waals surface area (Å²) in [6, 6.07) is 5.53. The molecule has 0 aliphatic heterocycles. The fourth-order valence-electron chi connectivity index (χ4n) is 1.75.